The van der Waals surface area contributed by atoms with Crippen molar-refractivity contribution in [2.75, 3.05) is 6.61 Å². The average molecular weight is 364 g/mol. The van der Waals surface area contributed by atoms with E-state index in [4.69, 9.17) is 9.47 Å². The number of hydrogen-bond donors (Lipinski definition) is 2. The smallest absolute Gasteiger partial charge is 0.338 e. The number of H-pyrrole nitrogens is 1. The number of carbonyl (C=O) groups excluding carboxylic acids is 1. The van der Waals surface area contributed by atoms with E-state index in [-0.39, 0.29) is 0 Å². The standard InChI is InChI=1S/C17H17FN2O6/c1-17(18)13(22)11(9-25-14(23)10-5-3-2-4-6-10)26-15(17)20-8-7-12(21)19-16(20)24/h2-8,11,13,15,22H,9H2,1H3,(H,19,21,24)/t11-,13-,15-,17-/m1/s1. The number of esters is 1. The summed E-state index contributed by atoms with van der Waals surface area (Å²) in [6.45, 7) is 0.669. The molecule has 0 spiro atoms. The van der Waals surface area contributed by atoms with E-state index in [2.05, 4.69) is 0 Å². The minimum Gasteiger partial charge on any atom is -0.459 e. The lowest BCUT2D eigenvalue weighted by Crippen LogP contribution is -2.43. The van der Waals surface area contributed by atoms with Crippen LogP contribution in [0.2, 0.25) is 0 Å². The van der Waals surface area contributed by atoms with E-state index >= 15 is 0 Å². The van der Waals surface area contributed by atoms with E-state index in [9.17, 15) is 23.9 Å². The summed E-state index contributed by atoms with van der Waals surface area (Å²) in [4.78, 5) is 37.0. The predicted molar refractivity (Wildman–Crippen MR) is 87.5 cm³/mol. The molecule has 0 aliphatic carbocycles. The molecular weight excluding hydrogens is 347 g/mol. The van der Waals surface area contributed by atoms with Gasteiger partial charge >= 0.3 is 11.7 Å². The SMILES string of the molecule is C[C@@]1(F)[C@H](O)[C@@H](COC(=O)c2ccccc2)O[C@H]1n1ccc(=O)[nH]c1=O. The van der Waals surface area contributed by atoms with E-state index in [0.29, 0.717) is 5.56 Å². The largest absolute Gasteiger partial charge is 0.459 e. The Kier molecular flexibility index (Phi) is 4.75. The van der Waals surface area contributed by atoms with Gasteiger partial charge in [0.2, 0.25) is 0 Å². The number of ether oxygens (including phenoxy) is 2. The lowest BCUT2D eigenvalue weighted by molar-refractivity contribution is -0.0646. The molecule has 1 aromatic carbocycles. The van der Waals surface area contributed by atoms with Gasteiger partial charge in [0.25, 0.3) is 5.56 Å². The molecule has 26 heavy (non-hydrogen) atoms. The number of nitrogens with zero attached hydrogens (tertiary/aromatic N) is 1. The number of aromatic amines is 1. The molecule has 2 heterocycles. The van der Waals surface area contributed by atoms with Crippen molar-refractivity contribution < 1.29 is 23.8 Å². The zero-order valence-corrected chi connectivity index (χ0v) is 13.8. The second-order valence-electron chi connectivity index (χ2n) is 6.10. The first-order chi connectivity index (χ1) is 12.3. The van der Waals surface area contributed by atoms with E-state index in [1.165, 1.54) is 0 Å². The van der Waals surface area contributed by atoms with Gasteiger partial charge < -0.3 is 14.6 Å². The summed E-state index contributed by atoms with van der Waals surface area (Å²) in [6, 6.07) is 9.20. The van der Waals surface area contributed by atoms with Gasteiger partial charge in [-0.05, 0) is 19.1 Å². The molecule has 2 N–H and O–H groups in total. The Morgan fingerprint density at radius 1 is 1.35 bits per heavy atom. The van der Waals surface area contributed by atoms with E-state index in [0.717, 1.165) is 23.8 Å². The molecule has 1 aromatic heterocycles. The van der Waals surface area contributed by atoms with Crippen LogP contribution in [-0.2, 0) is 9.47 Å². The number of aromatic nitrogens is 2. The van der Waals surface area contributed by atoms with E-state index < -0.39 is 47.9 Å². The van der Waals surface area contributed by atoms with Crippen LogP contribution in [0.5, 0.6) is 0 Å². The molecule has 0 saturated carbocycles. The van der Waals surface area contributed by atoms with Crippen LogP contribution in [0.4, 0.5) is 4.39 Å². The lowest BCUT2D eigenvalue weighted by Gasteiger charge is -2.24. The van der Waals surface area contributed by atoms with Crippen LogP contribution in [0.25, 0.3) is 0 Å². The molecule has 0 radical (unpaired) electrons. The Hall–Kier alpha value is -2.78. The topological polar surface area (TPSA) is 111 Å². The molecule has 0 bridgehead atoms. The first-order valence-corrected chi connectivity index (χ1v) is 7.87. The summed E-state index contributed by atoms with van der Waals surface area (Å²) in [5.41, 5.74) is -3.55. The van der Waals surface area contributed by atoms with Crippen molar-refractivity contribution in [1.82, 2.24) is 9.55 Å². The molecule has 0 amide bonds. The number of benzene rings is 1. The summed E-state index contributed by atoms with van der Waals surface area (Å²) in [6.07, 6.45) is -3.23. The number of rotatable bonds is 4. The molecule has 1 aliphatic heterocycles. The first-order valence-electron chi connectivity index (χ1n) is 7.87. The van der Waals surface area contributed by atoms with Gasteiger partial charge in [0.1, 0.15) is 18.8 Å². The minimum atomic E-state index is -2.34. The van der Waals surface area contributed by atoms with Gasteiger partial charge in [0.05, 0.1) is 5.56 Å². The van der Waals surface area contributed by atoms with Gasteiger partial charge in [-0.1, -0.05) is 18.2 Å². The van der Waals surface area contributed by atoms with Crippen molar-refractivity contribution in [2.24, 2.45) is 0 Å². The summed E-state index contributed by atoms with van der Waals surface area (Å²) in [5.74, 6) is -0.647. The van der Waals surface area contributed by atoms with Crippen molar-refractivity contribution >= 4 is 5.97 Å². The normalized spacial score (nSPS) is 28.0. The zero-order valence-electron chi connectivity index (χ0n) is 13.8. The fourth-order valence-electron chi connectivity index (χ4n) is 2.78. The minimum absolute atomic E-state index is 0.302. The van der Waals surface area contributed by atoms with Gasteiger partial charge in [-0.25, -0.2) is 14.0 Å². The van der Waals surface area contributed by atoms with Crippen LogP contribution in [0.3, 0.4) is 0 Å². The Balaban J connectivity index is 1.75. The summed E-state index contributed by atoms with van der Waals surface area (Å²) < 4.78 is 26.3. The molecule has 1 aliphatic rings. The van der Waals surface area contributed by atoms with Crippen molar-refractivity contribution in [2.45, 2.75) is 31.0 Å². The van der Waals surface area contributed by atoms with Gasteiger partial charge in [0.15, 0.2) is 11.9 Å². The number of alkyl halides is 1. The van der Waals surface area contributed by atoms with Gasteiger partial charge in [-0.2, -0.15) is 0 Å². The molecule has 1 fully saturated rings. The number of aliphatic hydroxyl groups is 1. The number of hydrogen-bond acceptors (Lipinski definition) is 6. The number of aliphatic hydroxyl groups excluding tert-OH is 1. The van der Waals surface area contributed by atoms with Crippen molar-refractivity contribution in [3.63, 3.8) is 0 Å². The third-order valence-corrected chi connectivity index (χ3v) is 4.21. The fraction of sp³-hybridized carbons (Fsp3) is 0.353. The van der Waals surface area contributed by atoms with Crippen LogP contribution in [0.1, 0.15) is 23.5 Å². The van der Waals surface area contributed by atoms with Crippen molar-refractivity contribution in [1.29, 1.82) is 0 Å². The highest BCUT2D eigenvalue weighted by Gasteiger charge is 2.55. The second kappa shape index (κ2) is 6.85. The van der Waals surface area contributed by atoms with E-state index in [1.807, 2.05) is 4.98 Å². The molecule has 2 aromatic rings. The van der Waals surface area contributed by atoms with Crippen LogP contribution in [0, 0.1) is 0 Å². The highest BCUT2D eigenvalue weighted by molar-refractivity contribution is 5.89. The quantitative estimate of drug-likeness (QED) is 0.759. The first kappa shape index (κ1) is 18.0. The van der Waals surface area contributed by atoms with Gasteiger partial charge in [-0.15, -0.1) is 0 Å². The summed E-state index contributed by atoms with van der Waals surface area (Å²) in [5, 5.41) is 10.2. The molecule has 9 heteroatoms. The Morgan fingerprint density at radius 2 is 2.04 bits per heavy atom. The number of nitrogens with one attached hydrogen (secondary N) is 1. The molecule has 4 atom stereocenters. The van der Waals surface area contributed by atoms with Crippen LogP contribution >= 0.6 is 0 Å². The summed E-state index contributed by atoms with van der Waals surface area (Å²) in [7, 11) is 0. The third kappa shape index (κ3) is 3.31. The lowest BCUT2D eigenvalue weighted by atomic mass is 9.98. The highest BCUT2D eigenvalue weighted by Crippen LogP contribution is 2.40. The van der Waals surface area contributed by atoms with Crippen LogP contribution in [-0.4, -0.2) is 45.1 Å². The average Bonchev–Trinajstić information content (AvgIpc) is 2.84. The van der Waals surface area contributed by atoms with Crippen LogP contribution in [0.15, 0.2) is 52.2 Å². The molecule has 1 saturated heterocycles. The van der Waals surface area contributed by atoms with E-state index in [1.54, 1.807) is 30.3 Å². The monoisotopic (exact) mass is 364 g/mol. The number of halogens is 1. The zero-order chi connectivity index (χ0) is 18.9. The summed E-state index contributed by atoms with van der Waals surface area (Å²) >= 11 is 0. The Morgan fingerprint density at radius 3 is 2.69 bits per heavy atom. The fourth-order valence-corrected chi connectivity index (χ4v) is 2.78. The van der Waals surface area contributed by atoms with Gasteiger partial charge in [0, 0.05) is 12.3 Å². The maximum atomic E-state index is 15.0. The number of carbonyl (C=O) groups is 1. The molecular formula is C17H17FN2O6. The third-order valence-electron chi connectivity index (χ3n) is 4.21. The highest BCUT2D eigenvalue weighted by atomic mass is 19.1. The van der Waals surface area contributed by atoms with Gasteiger partial charge in [-0.3, -0.25) is 14.3 Å². The maximum Gasteiger partial charge on any atom is 0.338 e. The van der Waals surface area contributed by atoms with Crippen molar-refractivity contribution in [3.05, 3.63) is 69.0 Å². The Bertz CT molecular complexity index is 907. The predicted octanol–water partition coefficient (Wildman–Crippen LogP) is 0.380. The molecule has 138 valence electrons. The molecule has 8 nitrogen and oxygen atoms in total. The maximum absolute atomic E-state index is 15.0. The Labute approximate surface area is 146 Å². The van der Waals surface area contributed by atoms with Crippen molar-refractivity contribution in [3.8, 4) is 0 Å². The van der Waals surface area contributed by atoms with Crippen LogP contribution < -0.4 is 11.2 Å². The molecule has 0 unspecified atom stereocenters. The molecule has 3 rings (SSSR count). The second-order valence-corrected chi connectivity index (χ2v) is 6.10.